The minimum absolute atomic E-state index is 0.226. The van der Waals surface area contributed by atoms with Gasteiger partial charge in [-0.15, -0.1) is 0 Å². The molecule has 1 fully saturated rings. The molecule has 1 rings (SSSR count). The monoisotopic (exact) mass is 214 g/mol. The zero-order chi connectivity index (χ0) is 11.1. The Labute approximate surface area is 94.0 Å². The van der Waals surface area contributed by atoms with Gasteiger partial charge >= 0.3 is 0 Å². The maximum absolute atomic E-state index is 5.52. The van der Waals surface area contributed by atoms with E-state index in [1.807, 2.05) is 0 Å². The van der Waals surface area contributed by atoms with Crippen LogP contribution in [0.25, 0.3) is 0 Å². The Hall–Kier alpha value is -0.120. The highest BCUT2D eigenvalue weighted by molar-refractivity contribution is 4.72. The summed E-state index contributed by atoms with van der Waals surface area (Å²) in [5.74, 6) is 0.882. The normalized spacial score (nSPS) is 17.0. The molecule has 0 unspecified atom stereocenters. The minimum Gasteiger partial charge on any atom is -0.380 e. The van der Waals surface area contributed by atoms with E-state index in [2.05, 4.69) is 31.4 Å². The van der Waals surface area contributed by atoms with E-state index < -0.39 is 0 Å². The molecule has 0 heterocycles. The lowest BCUT2D eigenvalue weighted by molar-refractivity contribution is 0.126. The van der Waals surface area contributed by atoms with Gasteiger partial charge in [0.2, 0.25) is 0 Å². The third-order valence-electron chi connectivity index (χ3n) is 2.43. The molecule has 0 saturated heterocycles. The first-order valence-electron chi connectivity index (χ1n) is 6.11. The van der Waals surface area contributed by atoms with Crippen LogP contribution in [0.5, 0.6) is 0 Å². The van der Waals surface area contributed by atoms with Crippen LogP contribution in [0.1, 0.15) is 33.6 Å². The van der Waals surface area contributed by atoms with E-state index in [1.54, 1.807) is 0 Å². The molecule has 0 bridgehead atoms. The van der Waals surface area contributed by atoms with Crippen LogP contribution in [0.2, 0.25) is 0 Å². The highest BCUT2D eigenvalue weighted by Gasteiger charge is 2.20. The number of ether oxygens (including phenoxy) is 1. The summed E-state index contributed by atoms with van der Waals surface area (Å²) in [6, 6.07) is 0. The van der Waals surface area contributed by atoms with Crippen LogP contribution >= 0.6 is 0 Å². The quantitative estimate of drug-likeness (QED) is 0.599. The summed E-state index contributed by atoms with van der Waals surface area (Å²) < 4.78 is 5.52. The summed E-state index contributed by atoms with van der Waals surface area (Å²) in [5.41, 5.74) is 0.226. The maximum Gasteiger partial charge on any atom is 0.0591 e. The lowest BCUT2D eigenvalue weighted by atomic mass is 10.1. The van der Waals surface area contributed by atoms with E-state index in [1.165, 1.54) is 12.8 Å². The largest absolute Gasteiger partial charge is 0.380 e. The van der Waals surface area contributed by atoms with Crippen molar-refractivity contribution in [3.8, 4) is 0 Å². The van der Waals surface area contributed by atoms with Crippen molar-refractivity contribution in [1.29, 1.82) is 0 Å². The highest BCUT2D eigenvalue weighted by atomic mass is 16.5. The highest BCUT2D eigenvalue weighted by Crippen LogP contribution is 2.28. The standard InChI is InChI=1S/C12H26N2O/c1-12(2,3)14-7-6-13-8-9-15-10-11-4-5-11/h11,13-14H,4-10H2,1-3H3. The fraction of sp³-hybridized carbons (Fsp3) is 1.00. The topological polar surface area (TPSA) is 33.3 Å². The Balaban J connectivity index is 1.72. The number of hydrogen-bond acceptors (Lipinski definition) is 3. The van der Waals surface area contributed by atoms with E-state index in [9.17, 15) is 0 Å². The van der Waals surface area contributed by atoms with Crippen molar-refractivity contribution in [3.05, 3.63) is 0 Å². The van der Waals surface area contributed by atoms with Crippen LogP contribution in [0.15, 0.2) is 0 Å². The summed E-state index contributed by atoms with van der Waals surface area (Å²) in [7, 11) is 0. The lowest BCUT2D eigenvalue weighted by Crippen LogP contribution is -2.40. The first-order valence-corrected chi connectivity index (χ1v) is 6.11. The van der Waals surface area contributed by atoms with Crippen LogP contribution in [0.4, 0.5) is 0 Å². The van der Waals surface area contributed by atoms with E-state index in [0.717, 1.165) is 38.8 Å². The Morgan fingerprint density at radius 3 is 2.47 bits per heavy atom. The second-order valence-electron chi connectivity index (χ2n) is 5.45. The molecule has 0 atom stereocenters. The second-order valence-corrected chi connectivity index (χ2v) is 5.45. The molecule has 0 radical (unpaired) electrons. The van der Waals surface area contributed by atoms with Crippen molar-refractivity contribution in [2.75, 3.05) is 32.8 Å². The van der Waals surface area contributed by atoms with Crippen LogP contribution in [-0.4, -0.2) is 38.4 Å². The Morgan fingerprint density at radius 2 is 1.87 bits per heavy atom. The van der Waals surface area contributed by atoms with Crippen LogP contribution in [-0.2, 0) is 4.74 Å². The molecule has 0 spiro atoms. The third-order valence-corrected chi connectivity index (χ3v) is 2.43. The van der Waals surface area contributed by atoms with Gasteiger partial charge in [0.1, 0.15) is 0 Å². The molecule has 3 heteroatoms. The van der Waals surface area contributed by atoms with Gasteiger partial charge in [-0.3, -0.25) is 0 Å². The number of hydrogen-bond donors (Lipinski definition) is 2. The molecular formula is C12H26N2O. The Bertz CT molecular complexity index is 161. The van der Waals surface area contributed by atoms with Gasteiger partial charge in [-0.05, 0) is 39.5 Å². The second kappa shape index (κ2) is 6.46. The van der Waals surface area contributed by atoms with Crippen molar-refractivity contribution in [2.45, 2.75) is 39.2 Å². The molecule has 2 N–H and O–H groups in total. The molecule has 3 nitrogen and oxygen atoms in total. The van der Waals surface area contributed by atoms with Gasteiger partial charge in [-0.2, -0.15) is 0 Å². The van der Waals surface area contributed by atoms with Gasteiger partial charge in [0.15, 0.2) is 0 Å². The summed E-state index contributed by atoms with van der Waals surface area (Å²) in [4.78, 5) is 0. The van der Waals surface area contributed by atoms with Crippen molar-refractivity contribution in [2.24, 2.45) is 5.92 Å². The summed E-state index contributed by atoms with van der Waals surface area (Å²) in [6.07, 6.45) is 2.76. The van der Waals surface area contributed by atoms with Gasteiger partial charge in [0, 0.05) is 31.8 Å². The van der Waals surface area contributed by atoms with Crippen LogP contribution in [0, 0.1) is 5.92 Å². The smallest absolute Gasteiger partial charge is 0.0591 e. The molecule has 1 saturated carbocycles. The molecule has 0 aromatic heterocycles. The molecule has 1 aliphatic carbocycles. The lowest BCUT2D eigenvalue weighted by Gasteiger charge is -2.20. The van der Waals surface area contributed by atoms with Gasteiger partial charge in [0.25, 0.3) is 0 Å². The predicted molar refractivity (Wildman–Crippen MR) is 64.2 cm³/mol. The molecule has 1 aliphatic rings. The minimum atomic E-state index is 0.226. The van der Waals surface area contributed by atoms with Crippen molar-refractivity contribution in [1.82, 2.24) is 10.6 Å². The van der Waals surface area contributed by atoms with Crippen molar-refractivity contribution < 1.29 is 4.74 Å². The molecule has 0 aromatic rings. The van der Waals surface area contributed by atoms with Gasteiger partial charge < -0.3 is 15.4 Å². The maximum atomic E-state index is 5.52. The third kappa shape index (κ3) is 8.85. The molecule has 0 aromatic carbocycles. The van der Waals surface area contributed by atoms with Crippen molar-refractivity contribution in [3.63, 3.8) is 0 Å². The average Bonchev–Trinajstić information content (AvgIpc) is 2.91. The summed E-state index contributed by atoms with van der Waals surface area (Å²) in [5, 5.41) is 6.80. The molecule has 0 aliphatic heterocycles. The molecule has 0 amide bonds. The van der Waals surface area contributed by atoms with E-state index in [0.29, 0.717) is 0 Å². The van der Waals surface area contributed by atoms with E-state index in [-0.39, 0.29) is 5.54 Å². The van der Waals surface area contributed by atoms with E-state index in [4.69, 9.17) is 4.74 Å². The van der Waals surface area contributed by atoms with Crippen LogP contribution < -0.4 is 10.6 Å². The van der Waals surface area contributed by atoms with Crippen molar-refractivity contribution >= 4 is 0 Å². The van der Waals surface area contributed by atoms with Gasteiger partial charge in [-0.1, -0.05) is 0 Å². The van der Waals surface area contributed by atoms with E-state index >= 15 is 0 Å². The number of nitrogens with one attached hydrogen (secondary N) is 2. The first-order chi connectivity index (χ1) is 7.08. The molecule has 15 heavy (non-hydrogen) atoms. The number of rotatable bonds is 8. The zero-order valence-corrected chi connectivity index (χ0v) is 10.4. The Morgan fingerprint density at radius 1 is 1.13 bits per heavy atom. The Kier molecular flexibility index (Phi) is 5.58. The predicted octanol–water partition coefficient (Wildman–Crippen LogP) is 1.39. The fourth-order valence-electron chi connectivity index (χ4n) is 1.33. The zero-order valence-electron chi connectivity index (χ0n) is 10.4. The van der Waals surface area contributed by atoms with Gasteiger partial charge in [0.05, 0.1) is 6.61 Å². The summed E-state index contributed by atoms with van der Waals surface area (Å²) >= 11 is 0. The average molecular weight is 214 g/mol. The molecule has 90 valence electrons. The SMILES string of the molecule is CC(C)(C)NCCNCCOCC1CC1. The van der Waals surface area contributed by atoms with Gasteiger partial charge in [-0.25, -0.2) is 0 Å². The van der Waals surface area contributed by atoms with Crippen LogP contribution in [0.3, 0.4) is 0 Å². The first kappa shape index (κ1) is 12.9. The summed E-state index contributed by atoms with van der Waals surface area (Å²) in [6.45, 7) is 11.4. The fourth-order valence-corrected chi connectivity index (χ4v) is 1.33. The molecular weight excluding hydrogens is 188 g/mol.